The Hall–Kier alpha value is -3.75. The molecule has 2 N–H and O–H groups in total. The van der Waals surface area contributed by atoms with Gasteiger partial charge in [-0.1, -0.05) is 12.6 Å². The summed E-state index contributed by atoms with van der Waals surface area (Å²) in [4.78, 5) is 32.1. The van der Waals surface area contributed by atoms with Gasteiger partial charge < -0.3 is 20.2 Å². The van der Waals surface area contributed by atoms with Gasteiger partial charge in [0.15, 0.2) is 5.82 Å². The fraction of sp³-hybridized carbons (Fsp3) is 0.261. The lowest BCUT2D eigenvalue weighted by atomic mass is 9.94. The number of aryl methyl sites for hydroxylation is 1. The minimum atomic E-state index is -0.844. The highest BCUT2D eigenvalue weighted by molar-refractivity contribution is 6.11. The van der Waals surface area contributed by atoms with Crippen molar-refractivity contribution in [3.63, 3.8) is 0 Å². The number of benzene rings is 2. The first-order valence-corrected chi connectivity index (χ1v) is 10.1. The lowest BCUT2D eigenvalue weighted by Crippen LogP contribution is -2.50. The number of anilines is 1. The second kappa shape index (κ2) is 8.41. The van der Waals surface area contributed by atoms with Crippen LogP contribution in [0.15, 0.2) is 41.9 Å². The first-order valence-electron chi connectivity index (χ1n) is 10.1. The number of amidine groups is 1. The third-order valence-electron chi connectivity index (χ3n) is 5.65. The van der Waals surface area contributed by atoms with E-state index in [2.05, 4.69) is 16.9 Å². The number of hydrogen-bond acceptors (Lipinski definition) is 5. The third kappa shape index (κ3) is 3.70. The minimum absolute atomic E-state index is 0.112. The molecule has 2 amide bonds. The first kappa shape index (κ1) is 21.5. The summed E-state index contributed by atoms with van der Waals surface area (Å²) >= 11 is 0. The van der Waals surface area contributed by atoms with E-state index >= 15 is 4.39 Å². The Labute approximate surface area is 183 Å². The number of benzodiazepines with no additional fused rings is 1. The van der Waals surface area contributed by atoms with Gasteiger partial charge in [0, 0.05) is 37.3 Å². The highest BCUT2D eigenvalue weighted by atomic mass is 19.1. The number of nitrogens with one attached hydrogen (secondary N) is 1. The molecule has 2 aromatic rings. The maximum atomic E-state index is 15.7. The Morgan fingerprint density at radius 3 is 2.59 bits per heavy atom. The normalized spacial score (nSPS) is 16.1. The van der Waals surface area contributed by atoms with Crippen molar-refractivity contribution in [1.29, 1.82) is 0 Å². The van der Waals surface area contributed by atoms with E-state index in [0.29, 0.717) is 43.1 Å². The molecule has 1 fully saturated rings. The summed E-state index contributed by atoms with van der Waals surface area (Å²) in [7, 11) is 0. The summed E-state index contributed by atoms with van der Waals surface area (Å²) in [6, 6.07) is 5.37. The molecule has 0 aromatic heterocycles. The van der Waals surface area contributed by atoms with Crippen LogP contribution in [0.25, 0.3) is 11.1 Å². The van der Waals surface area contributed by atoms with Crippen LogP contribution >= 0.6 is 0 Å². The summed E-state index contributed by atoms with van der Waals surface area (Å²) in [5.41, 5.74) is 0.250. The lowest BCUT2D eigenvalue weighted by Gasteiger charge is -2.36. The van der Waals surface area contributed by atoms with E-state index in [9.17, 15) is 19.1 Å². The molecule has 32 heavy (non-hydrogen) atoms. The van der Waals surface area contributed by atoms with E-state index in [-0.39, 0.29) is 29.3 Å². The fourth-order valence-electron chi connectivity index (χ4n) is 4.09. The van der Waals surface area contributed by atoms with Crippen molar-refractivity contribution in [1.82, 2.24) is 9.80 Å². The van der Waals surface area contributed by atoms with Crippen LogP contribution in [-0.4, -0.2) is 65.3 Å². The minimum Gasteiger partial charge on any atom is -0.507 e. The molecule has 0 spiro atoms. The highest BCUT2D eigenvalue weighted by Gasteiger charge is 2.30. The molecule has 166 valence electrons. The van der Waals surface area contributed by atoms with Crippen LogP contribution in [0.5, 0.6) is 5.75 Å². The average molecular weight is 440 g/mol. The second-order valence-electron chi connectivity index (χ2n) is 7.64. The molecular formula is C23H22F2N4O3. The number of aromatic hydroxyl groups is 1. The first-order chi connectivity index (χ1) is 15.3. The van der Waals surface area contributed by atoms with E-state index < -0.39 is 23.3 Å². The van der Waals surface area contributed by atoms with Gasteiger partial charge >= 0.3 is 0 Å². The van der Waals surface area contributed by atoms with Gasteiger partial charge in [-0.2, -0.15) is 0 Å². The van der Waals surface area contributed by atoms with Crippen LogP contribution in [0.2, 0.25) is 0 Å². The van der Waals surface area contributed by atoms with Gasteiger partial charge in [0.05, 0.1) is 11.3 Å². The van der Waals surface area contributed by atoms with Gasteiger partial charge in [0.2, 0.25) is 11.8 Å². The van der Waals surface area contributed by atoms with Crippen LogP contribution in [0.4, 0.5) is 14.5 Å². The van der Waals surface area contributed by atoms with Crippen molar-refractivity contribution in [3.8, 4) is 16.9 Å². The highest BCUT2D eigenvalue weighted by Crippen LogP contribution is 2.40. The molecule has 0 atom stereocenters. The molecule has 0 aliphatic carbocycles. The van der Waals surface area contributed by atoms with E-state index in [1.807, 2.05) is 4.90 Å². The molecule has 9 heteroatoms. The number of phenolic OH excluding ortho intramolecular Hbond substituents is 1. The van der Waals surface area contributed by atoms with Gasteiger partial charge in [0.1, 0.15) is 23.9 Å². The van der Waals surface area contributed by atoms with Gasteiger partial charge in [0.25, 0.3) is 0 Å². The van der Waals surface area contributed by atoms with Crippen molar-refractivity contribution >= 4 is 23.3 Å². The Kier molecular flexibility index (Phi) is 5.65. The Bertz CT molecular complexity index is 1130. The van der Waals surface area contributed by atoms with Gasteiger partial charge in [-0.25, -0.2) is 8.78 Å². The summed E-state index contributed by atoms with van der Waals surface area (Å²) in [6.07, 6.45) is 1.26. The molecule has 0 saturated carbocycles. The van der Waals surface area contributed by atoms with E-state index in [1.54, 1.807) is 17.9 Å². The van der Waals surface area contributed by atoms with Crippen LogP contribution in [0.1, 0.15) is 11.1 Å². The van der Waals surface area contributed by atoms with Crippen LogP contribution in [0.3, 0.4) is 0 Å². The third-order valence-corrected chi connectivity index (χ3v) is 5.65. The number of rotatable bonds is 2. The Morgan fingerprint density at radius 1 is 1.22 bits per heavy atom. The number of halogens is 2. The Balaban J connectivity index is 1.78. The number of fused-ring (bicyclic) bond motifs is 1. The maximum absolute atomic E-state index is 15.7. The Morgan fingerprint density at radius 2 is 1.94 bits per heavy atom. The molecule has 0 radical (unpaired) electrons. The van der Waals surface area contributed by atoms with Crippen LogP contribution in [0, 0.1) is 18.6 Å². The number of carbonyl (C=O) groups excluding carboxylic acids is 2. The summed E-state index contributed by atoms with van der Waals surface area (Å²) in [5, 5.41) is 12.7. The average Bonchev–Trinajstić information content (AvgIpc) is 2.94. The molecule has 2 aliphatic heterocycles. The molecule has 0 unspecified atom stereocenters. The number of phenols is 1. The molecule has 1 saturated heterocycles. The molecule has 2 aromatic carbocycles. The zero-order valence-corrected chi connectivity index (χ0v) is 17.5. The predicted octanol–water partition coefficient (Wildman–Crippen LogP) is 2.67. The molecular weight excluding hydrogens is 418 g/mol. The number of aliphatic imine (C=N–C) groups is 1. The monoisotopic (exact) mass is 440 g/mol. The SMILES string of the molecule is C=CC(=O)N1CCN(C2=NCC(=O)Nc3c2cc(C)c(-c2c(O)cccc2F)c3F)CC1. The summed E-state index contributed by atoms with van der Waals surface area (Å²) in [5.74, 6) is -2.26. The quantitative estimate of drug-likeness (QED) is 0.704. The van der Waals surface area contributed by atoms with Crippen LogP contribution < -0.4 is 5.32 Å². The van der Waals surface area contributed by atoms with E-state index in [1.165, 1.54) is 18.2 Å². The van der Waals surface area contributed by atoms with Crippen molar-refractivity contribution in [2.24, 2.45) is 4.99 Å². The van der Waals surface area contributed by atoms with Gasteiger partial charge in [-0.3, -0.25) is 14.6 Å². The van der Waals surface area contributed by atoms with Gasteiger partial charge in [-0.15, -0.1) is 0 Å². The largest absolute Gasteiger partial charge is 0.507 e. The smallest absolute Gasteiger partial charge is 0.246 e. The number of amides is 2. The van der Waals surface area contributed by atoms with E-state index in [4.69, 9.17) is 0 Å². The van der Waals surface area contributed by atoms with Crippen molar-refractivity contribution in [3.05, 3.63) is 59.7 Å². The number of carbonyl (C=O) groups is 2. The van der Waals surface area contributed by atoms with Crippen molar-refractivity contribution < 1.29 is 23.5 Å². The summed E-state index contributed by atoms with van der Waals surface area (Å²) < 4.78 is 30.2. The standard InChI is InChI=1S/C23H22F2N4O3/c1-3-18(32)28-7-9-29(10-8-28)23-14-11-13(2)19(20-15(24)5-4-6-16(20)30)21(25)22(14)27-17(31)12-26-23/h3-6,11,30H,1,7-10,12H2,2H3,(H,27,31). The van der Waals surface area contributed by atoms with Crippen LogP contribution in [-0.2, 0) is 9.59 Å². The number of piperazine rings is 1. The zero-order chi connectivity index (χ0) is 23.0. The second-order valence-corrected chi connectivity index (χ2v) is 7.64. The molecule has 2 aliphatic rings. The molecule has 2 heterocycles. The van der Waals surface area contributed by atoms with Crippen molar-refractivity contribution in [2.45, 2.75) is 6.92 Å². The van der Waals surface area contributed by atoms with E-state index in [0.717, 1.165) is 6.07 Å². The predicted molar refractivity (Wildman–Crippen MR) is 117 cm³/mol. The maximum Gasteiger partial charge on any atom is 0.246 e. The molecule has 7 nitrogen and oxygen atoms in total. The fourth-order valence-corrected chi connectivity index (χ4v) is 4.09. The number of hydrogen-bond donors (Lipinski definition) is 2. The lowest BCUT2D eigenvalue weighted by molar-refractivity contribution is -0.127. The summed E-state index contributed by atoms with van der Waals surface area (Å²) in [6.45, 7) is 6.67. The van der Waals surface area contributed by atoms with Crippen molar-refractivity contribution in [2.75, 3.05) is 38.0 Å². The van der Waals surface area contributed by atoms with Gasteiger partial charge in [-0.05, 0) is 36.8 Å². The molecule has 0 bridgehead atoms. The zero-order valence-electron chi connectivity index (χ0n) is 17.5. The molecule has 4 rings (SSSR count). The number of nitrogens with zero attached hydrogens (tertiary/aromatic N) is 3. The topological polar surface area (TPSA) is 85.2 Å².